The Kier molecular flexibility index (Phi) is 4.53. The van der Waals surface area contributed by atoms with Gasteiger partial charge in [0.05, 0.1) is 30.2 Å². The molecule has 6 rings (SSSR count). The minimum Gasteiger partial charge on any atom is -0.477 e. The van der Waals surface area contributed by atoms with Crippen molar-refractivity contribution in [2.45, 2.75) is 50.7 Å². The molecule has 2 atom stereocenters. The second kappa shape index (κ2) is 7.36. The number of carbonyl (C=O) groups is 1. The molecule has 5 heterocycles. The molecule has 3 aliphatic heterocycles. The Morgan fingerprint density at radius 1 is 1.15 bits per heavy atom. The Balaban J connectivity index is 1.42. The zero-order chi connectivity index (χ0) is 22.9. The zero-order valence-corrected chi connectivity index (χ0v) is 18.0. The van der Waals surface area contributed by atoms with Gasteiger partial charge in [-0.05, 0) is 37.8 Å². The summed E-state index contributed by atoms with van der Waals surface area (Å²) in [6.07, 6.45) is 5.43. The van der Waals surface area contributed by atoms with Crippen molar-refractivity contribution in [1.82, 2.24) is 24.5 Å². The number of benzene rings is 1. The van der Waals surface area contributed by atoms with Crippen LogP contribution < -0.4 is 4.74 Å². The number of carbonyl (C=O) groups excluding carboxylic acids is 1. The average Bonchev–Trinajstić information content (AvgIpc) is 3.37. The third-order valence-corrected chi connectivity index (χ3v) is 6.94. The lowest BCUT2D eigenvalue weighted by molar-refractivity contribution is 0.0386. The minimum absolute atomic E-state index is 0.0824. The first kappa shape index (κ1) is 20.3. The van der Waals surface area contributed by atoms with Gasteiger partial charge in [-0.2, -0.15) is 10.2 Å². The first-order chi connectivity index (χ1) is 15.9. The highest BCUT2D eigenvalue weighted by molar-refractivity contribution is 5.97. The number of amides is 1. The molecule has 0 spiro atoms. The van der Waals surface area contributed by atoms with Crippen LogP contribution in [-0.2, 0) is 20.0 Å². The molecular weight excluding hydrogens is 435 g/mol. The smallest absolute Gasteiger partial charge is 0.261 e. The highest BCUT2D eigenvalue weighted by atomic mass is 19.2. The predicted octanol–water partition coefficient (Wildman–Crippen LogP) is 3.78. The van der Waals surface area contributed by atoms with Crippen LogP contribution in [0.25, 0.3) is 11.3 Å². The minimum atomic E-state index is -1.49. The van der Waals surface area contributed by atoms with E-state index < -0.39 is 17.5 Å². The monoisotopic (exact) mass is 457 g/mol. The fourth-order valence-electron chi connectivity index (χ4n) is 5.56. The number of aromatic nitrogens is 4. The molecule has 33 heavy (non-hydrogen) atoms. The largest absolute Gasteiger partial charge is 0.477 e. The van der Waals surface area contributed by atoms with E-state index in [1.54, 1.807) is 22.6 Å². The van der Waals surface area contributed by atoms with E-state index in [1.807, 2.05) is 4.90 Å². The van der Waals surface area contributed by atoms with E-state index in [0.717, 1.165) is 49.1 Å². The van der Waals surface area contributed by atoms with Gasteiger partial charge in [-0.15, -0.1) is 0 Å². The fourth-order valence-corrected chi connectivity index (χ4v) is 5.56. The second-order valence-electron chi connectivity index (χ2n) is 8.90. The van der Waals surface area contributed by atoms with Crippen molar-refractivity contribution in [3.63, 3.8) is 0 Å². The third kappa shape index (κ3) is 2.99. The van der Waals surface area contributed by atoms with E-state index in [0.29, 0.717) is 36.7 Å². The summed E-state index contributed by atoms with van der Waals surface area (Å²) in [5.41, 5.74) is 2.82. The van der Waals surface area contributed by atoms with E-state index in [9.17, 15) is 18.0 Å². The van der Waals surface area contributed by atoms with E-state index >= 15 is 0 Å². The topological polar surface area (TPSA) is 65.2 Å². The standard InChI is InChI=1S/C23H22F3N5O2/c1-29-21(12-8-16(24)19(26)17(25)9-12)14-10-13-4-2-5-18(20(14)28-29)31(13)22(32)15-11-27-30-6-3-7-33-23(15)30/h8-9,11,13,18H,2-7,10H2,1H3/t13-,18-/m1/s1. The van der Waals surface area contributed by atoms with Crippen molar-refractivity contribution in [1.29, 1.82) is 0 Å². The van der Waals surface area contributed by atoms with E-state index in [4.69, 9.17) is 4.74 Å². The molecule has 0 N–H and O–H groups in total. The number of aryl methyl sites for hydroxylation is 2. The van der Waals surface area contributed by atoms with Gasteiger partial charge in [0.15, 0.2) is 17.5 Å². The first-order valence-electron chi connectivity index (χ1n) is 11.2. The Morgan fingerprint density at radius 2 is 1.94 bits per heavy atom. The molecule has 0 aliphatic carbocycles. The molecule has 1 aromatic carbocycles. The van der Waals surface area contributed by atoms with Gasteiger partial charge >= 0.3 is 0 Å². The lowest BCUT2D eigenvalue weighted by atomic mass is 9.81. The number of ether oxygens (including phenoxy) is 1. The number of hydrogen-bond donors (Lipinski definition) is 0. The number of piperidine rings is 1. The number of halogens is 3. The van der Waals surface area contributed by atoms with Crippen molar-refractivity contribution in [3.8, 4) is 17.1 Å². The maximum absolute atomic E-state index is 14.0. The summed E-state index contributed by atoms with van der Waals surface area (Å²) in [5.74, 6) is -3.59. The molecule has 10 heteroatoms. The van der Waals surface area contributed by atoms with Crippen molar-refractivity contribution in [2.24, 2.45) is 7.05 Å². The summed E-state index contributed by atoms with van der Waals surface area (Å²) in [4.78, 5) is 15.5. The highest BCUT2D eigenvalue weighted by Gasteiger charge is 2.44. The lowest BCUT2D eigenvalue weighted by Crippen LogP contribution is -2.50. The van der Waals surface area contributed by atoms with Crippen molar-refractivity contribution < 1.29 is 22.7 Å². The van der Waals surface area contributed by atoms with Gasteiger partial charge in [0.2, 0.25) is 5.88 Å². The van der Waals surface area contributed by atoms with Crippen molar-refractivity contribution in [3.05, 3.63) is 52.6 Å². The van der Waals surface area contributed by atoms with Crippen molar-refractivity contribution >= 4 is 5.91 Å². The zero-order valence-electron chi connectivity index (χ0n) is 18.0. The summed E-state index contributed by atoms with van der Waals surface area (Å²) in [6.45, 7) is 1.27. The number of hydrogen-bond acceptors (Lipinski definition) is 4. The van der Waals surface area contributed by atoms with Crippen LogP contribution in [0.3, 0.4) is 0 Å². The third-order valence-electron chi connectivity index (χ3n) is 6.94. The summed E-state index contributed by atoms with van der Waals surface area (Å²) in [7, 11) is 1.70. The summed E-state index contributed by atoms with van der Waals surface area (Å²) in [6, 6.07) is 1.66. The van der Waals surface area contributed by atoms with Gasteiger partial charge < -0.3 is 9.64 Å². The molecule has 3 aromatic rings. The Hall–Kier alpha value is -3.30. The molecule has 0 radical (unpaired) electrons. The van der Waals surface area contributed by atoms with E-state index in [2.05, 4.69) is 10.2 Å². The molecular formula is C23H22F3N5O2. The number of fused-ring (bicyclic) bond motifs is 5. The molecule has 1 saturated heterocycles. The molecule has 7 nitrogen and oxygen atoms in total. The molecule has 2 bridgehead atoms. The maximum atomic E-state index is 14.0. The first-order valence-corrected chi connectivity index (χ1v) is 11.2. The molecule has 172 valence electrons. The van der Waals surface area contributed by atoms with Crippen molar-refractivity contribution in [2.75, 3.05) is 6.61 Å². The highest BCUT2D eigenvalue weighted by Crippen LogP contribution is 2.45. The van der Waals surface area contributed by atoms with Crippen LogP contribution in [0.5, 0.6) is 5.88 Å². The normalized spacial score (nSPS) is 21.4. The number of nitrogens with zero attached hydrogens (tertiary/aromatic N) is 5. The van der Waals surface area contributed by atoms with Gasteiger partial charge in [-0.25, -0.2) is 17.9 Å². The van der Waals surface area contributed by atoms with Crippen LogP contribution in [0, 0.1) is 17.5 Å². The predicted molar refractivity (Wildman–Crippen MR) is 111 cm³/mol. The Bertz CT molecular complexity index is 1260. The van der Waals surface area contributed by atoms with Crippen LogP contribution in [-0.4, -0.2) is 43.0 Å². The fraction of sp³-hybridized carbons (Fsp3) is 0.435. The van der Waals surface area contributed by atoms with Gasteiger partial charge in [0, 0.05) is 37.2 Å². The van der Waals surface area contributed by atoms with Crippen LogP contribution in [0.4, 0.5) is 13.2 Å². The van der Waals surface area contributed by atoms with Gasteiger partial charge in [-0.1, -0.05) is 0 Å². The van der Waals surface area contributed by atoms with Crippen LogP contribution in [0.1, 0.15) is 53.3 Å². The Morgan fingerprint density at radius 3 is 2.73 bits per heavy atom. The summed E-state index contributed by atoms with van der Waals surface area (Å²) < 4.78 is 50.5. The van der Waals surface area contributed by atoms with Crippen LogP contribution in [0.2, 0.25) is 0 Å². The lowest BCUT2D eigenvalue weighted by Gasteiger charge is -2.45. The van der Waals surface area contributed by atoms with Crippen LogP contribution in [0.15, 0.2) is 18.3 Å². The maximum Gasteiger partial charge on any atom is 0.261 e. The molecule has 0 saturated carbocycles. The molecule has 1 amide bonds. The summed E-state index contributed by atoms with van der Waals surface area (Å²) >= 11 is 0. The van der Waals surface area contributed by atoms with Gasteiger partial charge in [0.25, 0.3) is 5.91 Å². The van der Waals surface area contributed by atoms with E-state index in [-0.39, 0.29) is 23.6 Å². The number of rotatable bonds is 2. The molecule has 1 fully saturated rings. The molecule has 3 aliphatic rings. The Labute approximate surface area is 187 Å². The van der Waals surface area contributed by atoms with Crippen LogP contribution >= 0.6 is 0 Å². The SMILES string of the molecule is Cn1nc2c(c1-c1cc(F)c(F)c(F)c1)C[C@H]1CCC[C@H]2N1C(=O)c1cnn2c1OCCC2. The molecule has 2 aromatic heterocycles. The van der Waals surface area contributed by atoms with E-state index in [1.165, 1.54) is 0 Å². The average molecular weight is 457 g/mol. The quantitative estimate of drug-likeness (QED) is 0.550. The molecule has 0 unspecified atom stereocenters. The summed E-state index contributed by atoms with van der Waals surface area (Å²) in [5, 5.41) is 8.98. The van der Waals surface area contributed by atoms with Gasteiger partial charge in [-0.3, -0.25) is 9.48 Å². The van der Waals surface area contributed by atoms with Gasteiger partial charge in [0.1, 0.15) is 5.56 Å². The second-order valence-corrected chi connectivity index (χ2v) is 8.90.